The van der Waals surface area contributed by atoms with Gasteiger partial charge in [-0.1, -0.05) is 233 Å². The zero-order chi connectivity index (χ0) is 69.3. The van der Waals surface area contributed by atoms with Gasteiger partial charge >= 0.3 is 0 Å². The van der Waals surface area contributed by atoms with Gasteiger partial charge in [-0.25, -0.2) is 0 Å². The molecule has 19 rings (SSSR count). The summed E-state index contributed by atoms with van der Waals surface area (Å²) in [7, 11) is 0. The van der Waals surface area contributed by atoms with Gasteiger partial charge < -0.3 is 23.2 Å². The molecule has 14 aromatic carbocycles. The van der Waals surface area contributed by atoms with E-state index in [0.717, 1.165) is 144 Å². The summed E-state index contributed by atoms with van der Waals surface area (Å²) in [6.45, 7) is 6.23. The predicted molar refractivity (Wildman–Crippen MR) is 395 cm³/mol. The van der Waals surface area contributed by atoms with Gasteiger partial charge in [-0.3, -0.25) is 0 Å². The molecular formula is C88H60BN3O2. The van der Waals surface area contributed by atoms with E-state index in [4.69, 9.17) is 11.6 Å². The first-order chi connectivity index (χ1) is 49.6. The van der Waals surface area contributed by atoms with Crippen LogP contribution in [0.4, 0.5) is 34.1 Å². The van der Waals surface area contributed by atoms with E-state index < -0.39 is 48.4 Å². The maximum absolute atomic E-state index is 9.78. The van der Waals surface area contributed by atoms with E-state index in [1.807, 2.05) is 54.6 Å². The molecular weight excluding hydrogens is 1140 g/mol. The molecule has 0 radical (unpaired) electrons. The number of benzene rings is 14. The van der Waals surface area contributed by atoms with Gasteiger partial charge in [0, 0.05) is 61.1 Å². The number of furan rings is 2. The van der Waals surface area contributed by atoms with Crippen LogP contribution in [-0.4, -0.2) is 11.3 Å². The van der Waals surface area contributed by atoms with E-state index in [2.05, 4.69) is 237 Å². The van der Waals surface area contributed by atoms with Crippen LogP contribution in [0.2, 0.25) is 0 Å². The first-order valence-electron chi connectivity index (χ1n) is 35.9. The topological polar surface area (TPSA) is 37.7 Å². The van der Waals surface area contributed by atoms with Gasteiger partial charge in [0.1, 0.15) is 22.3 Å². The third-order valence-corrected chi connectivity index (χ3v) is 19.3. The number of fused-ring (bicyclic) bond motifs is 13. The second kappa shape index (κ2) is 20.8. The highest BCUT2D eigenvalue weighted by atomic mass is 16.3. The van der Waals surface area contributed by atoms with Crippen molar-refractivity contribution in [3.63, 3.8) is 0 Å². The quantitative estimate of drug-likeness (QED) is 0.142. The van der Waals surface area contributed by atoms with Gasteiger partial charge in [0.05, 0.1) is 44.1 Å². The molecule has 0 fully saturated rings. The summed E-state index contributed by atoms with van der Waals surface area (Å²) in [6, 6.07) is 88.2. The van der Waals surface area contributed by atoms with Crippen LogP contribution in [0.5, 0.6) is 0 Å². The van der Waals surface area contributed by atoms with Crippen molar-refractivity contribution in [2.45, 2.75) is 26.2 Å². The van der Waals surface area contributed by atoms with Crippen LogP contribution in [0, 0.1) is 0 Å². The van der Waals surface area contributed by atoms with Crippen molar-refractivity contribution in [1.82, 2.24) is 4.57 Å². The number of hydrogen-bond donors (Lipinski definition) is 0. The Hall–Kier alpha value is -11.9. The van der Waals surface area contributed by atoms with Crippen LogP contribution in [0.15, 0.2) is 318 Å². The molecule has 2 aliphatic heterocycles. The molecule has 17 aromatic rings. The lowest BCUT2D eigenvalue weighted by molar-refractivity contribution is 0.590. The van der Waals surface area contributed by atoms with Crippen LogP contribution in [-0.2, 0) is 5.41 Å². The standard InChI is InChI=1S/C88H60BN3O2/c1-88(2,3)63-52-77-85-78(53-63)92(87-66(58-30-14-7-15-31-58)43-47-82-84(87)70-35-19-23-39-80(70)94-82)76-54-64(90-73-36-20-16-32-67(73)68-33-17-21-37-74(68)90)41-44-71(76)89(85)72-51-59(62-49-60(55-24-8-4-9-25-55)48-61(50-62)56-26-10-5-11-27-56)40-45-75(72)91(77)86-65(57-28-12-6-13-29-57)42-46-81-83(86)69-34-18-22-38-79(69)93-81/h4-54H,1-3H3/i16D,17D,20D,21D,32D,33D,36D,37D. The minimum absolute atomic E-state index is 0.000686. The van der Waals surface area contributed by atoms with Crippen molar-refractivity contribution in [3.05, 3.63) is 315 Å². The highest BCUT2D eigenvalue weighted by Crippen LogP contribution is 2.55. The van der Waals surface area contributed by atoms with Crippen LogP contribution in [0.25, 0.3) is 127 Å². The number of rotatable bonds is 8. The van der Waals surface area contributed by atoms with Gasteiger partial charge in [0.15, 0.2) is 0 Å². The fourth-order valence-electron chi connectivity index (χ4n) is 15.1. The fourth-order valence-corrected chi connectivity index (χ4v) is 15.1. The Kier molecular flexibility index (Phi) is 10.3. The van der Waals surface area contributed by atoms with Crippen molar-refractivity contribution in [2.75, 3.05) is 9.80 Å². The van der Waals surface area contributed by atoms with Gasteiger partial charge in [-0.2, -0.15) is 0 Å². The van der Waals surface area contributed by atoms with E-state index in [9.17, 15) is 8.22 Å². The van der Waals surface area contributed by atoms with Crippen molar-refractivity contribution in [2.24, 2.45) is 0 Å². The molecule has 0 aliphatic carbocycles. The minimum atomic E-state index is -0.532. The maximum Gasteiger partial charge on any atom is 0.252 e. The van der Waals surface area contributed by atoms with Crippen molar-refractivity contribution >= 4 is 123 Å². The fraction of sp³-hybridized carbons (Fsp3) is 0.0455. The first-order valence-corrected chi connectivity index (χ1v) is 31.9. The van der Waals surface area contributed by atoms with Gasteiger partial charge in [0.25, 0.3) is 6.71 Å². The van der Waals surface area contributed by atoms with E-state index in [0.29, 0.717) is 16.9 Å². The van der Waals surface area contributed by atoms with Crippen molar-refractivity contribution in [3.8, 4) is 61.3 Å². The monoisotopic (exact) mass is 1210 g/mol. The van der Waals surface area contributed by atoms with Crippen LogP contribution in [0.3, 0.4) is 0 Å². The zero-order valence-corrected chi connectivity index (χ0v) is 51.6. The molecule has 6 heteroatoms. The average Bonchev–Trinajstić information content (AvgIpc) is 1.01. The summed E-state index contributed by atoms with van der Waals surface area (Å²) in [6.07, 6.45) is 0. The first kappa shape index (κ1) is 46.2. The molecule has 0 atom stereocenters. The molecule has 0 bridgehead atoms. The van der Waals surface area contributed by atoms with Gasteiger partial charge in [0.2, 0.25) is 0 Å². The molecule has 442 valence electrons. The molecule has 0 unspecified atom stereocenters. The third-order valence-electron chi connectivity index (χ3n) is 19.3. The molecule has 3 aromatic heterocycles. The molecule has 2 aliphatic rings. The molecule has 5 nitrogen and oxygen atoms in total. The molecule has 5 heterocycles. The SMILES string of the molecule is [2H]c1c([2H])c([2H])c2c(c1[2H])c1c([2H])c([2H])c([2H])c([2H])c1n2-c1ccc2c(c1)N(c1c(-c3ccccc3)ccc3oc4ccccc4c13)c1cc(C(C)(C)C)cc3c1B2c1cc(-c2cc(-c4ccccc4)cc(-c4ccccc4)c2)ccc1N3c1c(-c2ccccc2)ccc2oc3ccccc3c12. The highest BCUT2D eigenvalue weighted by molar-refractivity contribution is 7.00. The minimum Gasteiger partial charge on any atom is -0.456 e. The number of aromatic nitrogens is 1. The third kappa shape index (κ3) is 8.29. The molecule has 0 saturated heterocycles. The lowest BCUT2D eigenvalue weighted by Crippen LogP contribution is -2.61. The smallest absolute Gasteiger partial charge is 0.252 e. The summed E-state index contributed by atoms with van der Waals surface area (Å²) >= 11 is 0. The average molecular weight is 1210 g/mol. The van der Waals surface area contributed by atoms with E-state index >= 15 is 0 Å². The molecule has 0 spiro atoms. The number of anilines is 6. The van der Waals surface area contributed by atoms with Gasteiger partial charge in [-0.05, 0) is 169 Å². The van der Waals surface area contributed by atoms with Crippen LogP contribution >= 0.6 is 0 Å². The second-order valence-corrected chi connectivity index (χ2v) is 25.7. The summed E-state index contributed by atoms with van der Waals surface area (Å²) in [5.41, 5.74) is 22.3. The van der Waals surface area contributed by atoms with Crippen LogP contribution < -0.4 is 26.2 Å². The molecule has 94 heavy (non-hydrogen) atoms. The Bertz CT molecular complexity index is 6290. The summed E-state index contributed by atoms with van der Waals surface area (Å²) in [4.78, 5) is 4.90. The van der Waals surface area contributed by atoms with Crippen molar-refractivity contribution < 1.29 is 19.8 Å². The number of nitrogens with zero attached hydrogens (tertiary/aromatic N) is 3. The molecule has 0 saturated carbocycles. The highest BCUT2D eigenvalue weighted by Gasteiger charge is 2.46. The van der Waals surface area contributed by atoms with Crippen LogP contribution in [0.1, 0.15) is 37.3 Å². The molecule has 0 N–H and O–H groups in total. The lowest BCUT2D eigenvalue weighted by atomic mass is 9.33. The largest absolute Gasteiger partial charge is 0.456 e. The maximum atomic E-state index is 9.78. The van der Waals surface area contributed by atoms with Gasteiger partial charge in [-0.15, -0.1) is 0 Å². The molecule has 0 amide bonds. The van der Waals surface area contributed by atoms with Crippen molar-refractivity contribution in [1.29, 1.82) is 0 Å². The lowest BCUT2D eigenvalue weighted by Gasteiger charge is -2.46. The van der Waals surface area contributed by atoms with E-state index in [1.165, 1.54) is 0 Å². The summed E-state index contributed by atoms with van der Waals surface area (Å²) in [5.74, 6) is 0. The Morgan fingerprint density at radius 1 is 0.340 bits per heavy atom. The Balaban J connectivity index is 1.01. The Morgan fingerprint density at radius 3 is 1.31 bits per heavy atom. The normalized spacial score (nSPS) is 14.0. The predicted octanol–water partition coefficient (Wildman–Crippen LogP) is 22.3. The van der Waals surface area contributed by atoms with E-state index in [-0.39, 0.29) is 33.9 Å². The number of hydrogen-bond acceptors (Lipinski definition) is 4. The van der Waals surface area contributed by atoms with E-state index in [1.54, 1.807) is 4.57 Å². The number of para-hydroxylation sites is 4. The summed E-state index contributed by atoms with van der Waals surface area (Å²) in [5, 5.41) is 3.68. The summed E-state index contributed by atoms with van der Waals surface area (Å²) < 4.78 is 90.6. The second-order valence-electron chi connectivity index (χ2n) is 25.7. The Labute approximate surface area is 556 Å². The zero-order valence-electron chi connectivity index (χ0n) is 59.6. The Morgan fingerprint density at radius 2 is 0.798 bits per heavy atom.